The Kier molecular flexibility index (Phi) is 6.48. The first-order valence-electron chi connectivity index (χ1n) is 8.69. The van der Waals surface area contributed by atoms with E-state index >= 15 is 0 Å². The van der Waals surface area contributed by atoms with Gasteiger partial charge in [0.2, 0.25) is 11.8 Å². The van der Waals surface area contributed by atoms with Gasteiger partial charge in [0.15, 0.2) is 11.0 Å². The Hall–Kier alpha value is -2.65. The number of nitrogens with one attached hydrogen (secondary N) is 1. The molecule has 0 atom stereocenters. The molecule has 0 unspecified atom stereocenters. The van der Waals surface area contributed by atoms with E-state index in [4.69, 9.17) is 5.73 Å². The van der Waals surface area contributed by atoms with Crippen molar-refractivity contribution >= 4 is 40.6 Å². The summed E-state index contributed by atoms with van der Waals surface area (Å²) < 4.78 is 1.84. The zero-order valence-electron chi connectivity index (χ0n) is 15.6. The van der Waals surface area contributed by atoms with Crippen LogP contribution in [0.5, 0.6) is 0 Å². The lowest BCUT2D eigenvalue weighted by molar-refractivity contribution is -0.118. The summed E-state index contributed by atoms with van der Waals surface area (Å²) in [5, 5.41) is 13.9. The highest BCUT2D eigenvalue weighted by molar-refractivity contribution is 7.99. The molecule has 2 amide bonds. The molecule has 146 valence electrons. The largest absolute Gasteiger partial charge is 0.370 e. The monoisotopic (exact) mass is 415 g/mol. The van der Waals surface area contributed by atoms with Gasteiger partial charge in [0.25, 0.3) is 0 Å². The Morgan fingerprint density at radius 2 is 2.07 bits per heavy atom. The molecule has 2 heterocycles. The summed E-state index contributed by atoms with van der Waals surface area (Å²) in [4.78, 5) is 24.6. The third-order valence-corrected chi connectivity index (χ3v) is 5.87. The van der Waals surface area contributed by atoms with Crippen LogP contribution in [0, 0.1) is 13.8 Å². The van der Waals surface area contributed by atoms with E-state index in [0.717, 1.165) is 21.7 Å². The third-order valence-electron chi connectivity index (χ3n) is 4.04. The van der Waals surface area contributed by atoms with Crippen molar-refractivity contribution in [1.29, 1.82) is 0 Å². The molecule has 0 aliphatic rings. The lowest BCUT2D eigenvalue weighted by Gasteiger charge is -2.10. The number of hydrogen-bond acceptors (Lipinski definition) is 6. The van der Waals surface area contributed by atoms with E-state index in [1.54, 1.807) is 0 Å². The van der Waals surface area contributed by atoms with Gasteiger partial charge in [-0.1, -0.05) is 30.0 Å². The van der Waals surface area contributed by atoms with Gasteiger partial charge in [0.05, 0.1) is 10.6 Å². The fraction of sp³-hybridized carbons (Fsp3) is 0.263. The number of benzene rings is 1. The number of amides is 2. The number of aryl methyl sites for hydroxylation is 2. The van der Waals surface area contributed by atoms with Crippen molar-refractivity contribution < 1.29 is 9.59 Å². The van der Waals surface area contributed by atoms with Gasteiger partial charge in [-0.3, -0.25) is 9.59 Å². The Balaban J connectivity index is 1.71. The molecular weight excluding hydrogens is 394 g/mol. The Bertz CT molecular complexity index is 982. The molecule has 3 N–H and O–H groups in total. The van der Waals surface area contributed by atoms with E-state index in [9.17, 15) is 9.59 Å². The molecule has 2 aromatic heterocycles. The molecule has 0 saturated carbocycles. The number of anilines is 1. The summed E-state index contributed by atoms with van der Waals surface area (Å²) in [6.07, 6.45) is 0.179. The van der Waals surface area contributed by atoms with Gasteiger partial charge < -0.3 is 15.6 Å². The minimum Gasteiger partial charge on any atom is -0.370 e. The first kappa shape index (κ1) is 20.1. The van der Waals surface area contributed by atoms with Crippen LogP contribution in [-0.2, 0) is 16.1 Å². The van der Waals surface area contributed by atoms with Crippen molar-refractivity contribution in [1.82, 2.24) is 14.8 Å². The molecule has 0 bridgehead atoms. The van der Waals surface area contributed by atoms with Gasteiger partial charge >= 0.3 is 0 Å². The second kappa shape index (κ2) is 9.03. The van der Waals surface area contributed by atoms with E-state index in [1.807, 2.05) is 54.1 Å². The molecule has 9 heteroatoms. The molecule has 7 nitrogen and oxygen atoms in total. The number of nitrogens with two attached hydrogens (primary N) is 1. The van der Waals surface area contributed by atoms with Crippen molar-refractivity contribution in [2.75, 3.05) is 11.1 Å². The lowest BCUT2D eigenvalue weighted by Crippen LogP contribution is -2.17. The van der Waals surface area contributed by atoms with Crippen LogP contribution in [-0.4, -0.2) is 32.3 Å². The fourth-order valence-electron chi connectivity index (χ4n) is 2.59. The van der Waals surface area contributed by atoms with E-state index in [1.165, 1.54) is 23.1 Å². The predicted octanol–water partition coefficient (Wildman–Crippen LogP) is 3.23. The highest BCUT2D eigenvalue weighted by Gasteiger charge is 2.17. The lowest BCUT2D eigenvalue weighted by atomic mass is 10.1. The van der Waals surface area contributed by atoms with Crippen LogP contribution in [0.25, 0.3) is 10.7 Å². The molecule has 0 spiro atoms. The van der Waals surface area contributed by atoms with Crippen LogP contribution >= 0.6 is 23.1 Å². The highest BCUT2D eigenvalue weighted by Crippen LogP contribution is 2.27. The smallest absolute Gasteiger partial charge is 0.234 e. The number of carbonyl (C=O) groups excluding carboxylic acids is 2. The topological polar surface area (TPSA) is 103 Å². The van der Waals surface area contributed by atoms with Gasteiger partial charge in [0.1, 0.15) is 0 Å². The van der Waals surface area contributed by atoms with Crippen LogP contribution in [0.2, 0.25) is 0 Å². The minimum absolute atomic E-state index is 0.124. The highest BCUT2D eigenvalue weighted by atomic mass is 32.2. The molecular formula is C19H21N5O2S2. The van der Waals surface area contributed by atoms with Crippen LogP contribution in [0.3, 0.4) is 0 Å². The SMILES string of the molecule is Cc1ccc(C)c(NC(=O)CSc2nnc(-c3cccs3)n2CCC(N)=O)c1. The van der Waals surface area contributed by atoms with E-state index in [0.29, 0.717) is 17.5 Å². The van der Waals surface area contributed by atoms with Crippen molar-refractivity contribution in [3.63, 3.8) is 0 Å². The van der Waals surface area contributed by atoms with E-state index in [2.05, 4.69) is 15.5 Å². The minimum atomic E-state index is -0.394. The fourth-order valence-corrected chi connectivity index (χ4v) is 4.08. The van der Waals surface area contributed by atoms with Gasteiger partial charge in [-0.25, -0.2) is 0 Å². The third kappa shape index (κ3) is 4.99. The Morgan fingerprint density at radius 1 is 1.25 bits per heavy atom. The second-order valence-electron chi connectivity index (χ2n) is 6.31. The van der Waals surface area contributed by atoms with Gasteiger partial charge in [-0.15, -0.1) is 21.5 Å². The second-order valence-corrected chi connectivity index (χ2v) is 8.20. The molecule has 28 heavy (non-hydrogen) atoms. The van der Waals surface area contributed by atoms with Gasteiger partial charge in [-0.2, -0.15) is 0 Å². The maximum atomic E-state index is 12.4. The number of rotatable bonds is 8. The predicted molar refractivity (Wildman–Crippen MR) is 112 cm³/mol. The maximum Gasteiger partial charge on any atom is 0.234 e. The van der Waals surface area contributed by atoms with E-state index in [-0.39, 0.29) is 18.1 Å². The summed E-state index contributed by atoms with van der Waals surface area (Å²) in [5.74, 6) is 0.343. The number of primary amides is 1. The van der Waals surface area contributed by atoms with E-state index < -0.39 is 5.91 Å². The number of thioether (sulfide) groups is 1. The quantitative estimate of drug-likeness (QED) is 0.550. The molecule has 0 aliphatic heterocycles. The normalized spacial score (nSPS) is 10.8. The van der Waals surface area contributed by atoms with Crippen LogP contribution < -0.4 is 11.1 Å². The first-order chi connectivity index (χ1) is 13.4. The number of hydrogen-bond donors (Lipinski definition) is 2. The number of nitrogens with zero attached hydrogens (tertiary/aromatic N) is 3. The van der Waals surface area contributed by atoms with Gasteiger partial charge in [0, 0.05) is 18.7 Å². The summed E-state index contributed by atoms with van der Waals surface area (Å²) in [7, 11) is 0. The molecule has 0 fully saturated rings. The van der Waals surface area contributed by atoms with Crippen molar-refractivity contribution in [2.45, 2.75) is 32.0 Å². The zero-order chi connectivity index (χ0) is 20.1. The molecule has 0 radical (unpaired) electrons. The average molecular weight is 416 g/mol. The zero-order valence-corrected chi connectivity index (χ0v) is 17.3. The molecule has 0 saturated heterocycles. The Labute approximate surface area is 171 Å². The standard InChI is InChI=1S/C19H21N5O2S2/c1-12-5-6-13(2)14(10-12)21-17(26)11-28-19-23-22-18(15-4-3-9-27-15)24(19)8-7-16(20)25/h3-6,9-10H,7-8,11H2,1-2H3,(H2,20,25)(H,21,26). The van der Waals surface area contributed by atoms with Crippen molar-refractivity contribution in [3.05, 3.63) is 46.8 Å². The summed E-state index contributed by atoms with van der Waals surface area (Å²) in [5.41, 5.74) is 8.20. The Morgan fingerprint density at radius 3 is 2.79 bits per heavy atom. The van der Waals surface area contributed by atoms with Crippen molar-refractivity contribution in [3.8, 4) is 10.7 Å². The summed E-state index contributed by atoms with van der Waals surface area (Å²) >= 11 is 2.82. The summed E-state index contributed by atoms with van der Waals surface area (Å²) in [6, 6.07) is 9.80. The number of aromatic nitrogens is 3. The maximum absolute atomic E-state index is 12.4. The average Bonchev–Trinajstić information content (AvgIpc) is 3.30. The summed E-state index contributed by atoms with van der Waals surface area (Å²) in [6.45, 7) is 4.31. The van der Waals surface area contributed by atoms with Gasteiger partial charge in [-0.05, 0) is 42.5 Å². The molecule has 0 aliphatic carbocycles. The number of thiophene rings is 1. The van der Waals surface area contributed by atoms with Crippen molar-refractivity contribution in [2.24, 2.45) is 5.73 Å². The first-order valence-corrected chi connectivity index (χ1v) is 10.6. The van der Waals surface area contributed by atoms with Crippen LogP contribution in [0.15, 0.2) is 40.9 Å². The molecule has 1 aromatic carbocycles. The van der Waals surface area contributed by atoms with Crippen LogP contribution in [0.1, 0.15) is 17.5 Å². The number of carbonyl (C=O) groups is 2. The van der Waals surface area contributed by atoms with Crippen LogP contribution in [0.4, 0.5) is 5.69 Å². The molecule has 3 rings (SSSR count). The molecule has 3 aromatic rings.